The van der Waals surface area contributed by atoms with E-state index in [0.717, 1.165) is 12.8 Å². The number of nitrogens with one attached hydrogen (secondary N) is 2. The highest BCUT2D eigenvalue weighted by Gasteiger charge is 2.15. The molecule has 134 valence electrons. The van der Waals surface area contributed by atoms with Gasteiger partial charge in [-0.15, -0.1) is 0 Å². The topological polar surface area (TPSA) is 70.7 Å². The number of ether oxygens (including phenoxy) is 1. The molecule has 0 aromatic rings. The van der Waals surface area contributed by atoms with Crippen LogP contribution in [-0.4, -0.2) is 55.2 Å². The molecule has 0 aliphatic carbocycles. The van der Waals surface area contributed by atoms with E-state index in [2.05, 4.69) is 15.5 Å². The van der Waals surface area contributed by atoms with Crippen molar-refractivity contribution in [2.45, 2.75) is 64.9 Å². The van der Waals surface area contributed by atoms with Crippen molar-refractivity contribution in [3.05, 3.63) is 0 Å². The molecule has 2 N–H and O–H groups in total. The maximum absolute atomic E-state index is 11.6. The number of alkyl carbamates (subject to hydrolysis) is 1. The van der Waals surface area contributed by atoms with Gasteiger partial charge in [0.15, 0.2) is 0 Å². The summed E-state index contributed by atoms with van der Waals surface area (Å²) < 4.78 is 5.10. The Labute approximate surface area is 140 Å². The number of likely N-dealkylation sites (tertiary alicyclic amines) is 1. The molecule has 1 rings (SSSR count). The lowest BCUT2D eigenvalue weighted by molar-refractivity contribution is -0.120. The molecule has 0 radical (unpaired) electrons. The fourth-order valence-electron chi connectivity index (χ4n) is 2.55. The largest absolute Gasteiger partial charge is 0.444 e. The van der Waals surface area contributed by atoms with Crippen molar-refractivity contribution >= 4 is 12.0 Å². The van der Waals surface area contributed by atoms with Gasteiger partial charge < -0.3 is 20.3 Å². The molecule has 0 spiro atoms. The number of rotatable bonds is 9. The van der Waals surface area contributed by atoms with Crippen LogP contribution in [0.2, 0.25) is 0 Å². The minimum atomic E-state index is -0.512. The van der Waals surface area contributed by atoms with Gasteiger partial charge in [-0.25, -0.2) is 4.79 Å². The van der Waals surface area contributed by atoms with Gasteiger partial charge >= 0.3 is 6.09 Å². The number of hydrogen-bond acceptors (Lipinski definition) is 4. The first-order valence-electron chi connectivity index (χ1n) is 8.83. The molecule has 1 aliphatic rings. The van der Waals surface area contributed by atoms with E-state index < -0.39 is 11.7 Å². The summed E-state index contributed by atoms with van der Waals surface area (Å²) in [6, 6.07) is 0. The quantitative estimate of drug-likeness (QED) is 0.637. The molecule has 6 nitrogen and oxygen atoms in total. The minimum Gasteiger partial charge on any atom is -0.444 e. The summed E-state index contributed by atoms with van der Waals surface area (Å²) >= 11 is 0. The van der Waals surface area contributed by atoms with Crippen LogP contribution in [0.3, 0.4) is 0 Å². The Hall–Kier alpha value is -1.30. The van der Waals surface area contributed by atoms with E-state index in [-0.39, 0.29) is 12.3 Å². The fraction of sp³-hybridized carbons (Fsp3) is 0.882. The smallest absolute Gasteiger partial charge is 0.407 e. The third-order valence-electron chi connectivity index (χ3n) is 3.69. The van der Waals surface area contributed by atoms with Crippen LogP contribution in [0.25, 0.3) is 0 Å². The van der Waals surface area contributed by atoms with Gasteiger partial charge in [0.2, 0.25) is 5.91 Å². The van der Waals surface area contributed by atoms with E-state index in [1.54, 1.807) is 0 Å². The second-order valence-electron chi connectivity index (χ2n) is 7.14. The van der Waals surface area contributed by atoms with Crippen LogP contribution in [0.1, 0.15) is 59.3 Å². The molecule has 23 heavy (non-hydrogen) atoms. The summed E-state index contributed by atoms with van der Waals surface area (Å²) in [5, 5.41) is 5.47. The summed E-state index contributed by atoms with van der Waals surface area (Å²) in [6.07, 6.45) is 5.85. The number of nitrogens with zero attached hydrogens (tertiary/aromatic N) is 1. The first-order valence-corrected chi connectivity index (χ1v) is 8.83. The lowest BCUT2D eigenvalue weighted by atomic mass is 10.2. The van der Waals surface area contributed by atoms with Gasteiger partial charge in [-0.3, -0.25) is 4.79 Å². The Morgan fingerprint density at radius 1 is 1.00 bits per heavy atom. The van der Waals surface area contributed by atoms with Crippen molar-refractivity contribution in [1.82, 2.24) is 15.5 Å². The van der Waals surface area contributed by atoms with Crippen LogP contribution in [0, 0.1) is 0 Å². The molecule has 0 atom stereocenters. The Balaban J connectivity index is 1.90. The molecule has 6 heteroatoms. The zero-order chi connectivity index (χ0) is 17.1. The van der Waals surface area contributed by atoms with Crippen LogP contribution >= 0.6 is 0 Å². The van der Waals surface area contributed by atoms with Gasteiger partial charge in [-0.1, -0.05) is 6.42 Å². The van der Waals surface area contributed by atoms with Crippen molar-refractivity contribution in [1.29, 1.82) is 0 Å². The standard InChI is InChI=1S/C17H33N3O3/c1-17(2,3)23-16(22)19-11-9-15(21)18-10-5-4-6-12-20-13-7-8-14-20/h4-14H2,1-3H3,(H,18,21)(H,19,22). The number of carbonyl (C=O) groups excluding carboxylic acids is 2. The molecule has 0 bridgehead atoms. The zero-order valence-electron chi connectivity index (χ0n) is 15.0. The summed E-state index contributed by atoms with van der Waals surface area (Å²) in [4.78, 5) is 25.6. The number of unbranched alkanes of at least 4 members (excludes halogenated alkanes) is 2. The summed E-state index contributed by atoms with van der Waals surface area (Å²) in [6.45, 7) is 10.1. The van der Waals surface area contributed by atoms with Crippen molar-refractivity contribution in [3.8, 4) is 0 Å². The lowest BCUT2D eigenvalue weighted by Crippen LogP contribution is -2.35. The second-order valence-corrected chi connectivity index (χ2v) is 7.14. The number of amides is 2. The van der Waals surface area contributed by atoms with Gasteiger partial charge in [0, 0.05) is 19.5 Å². The molecule has 1 fully saturated rings. The average molecular weight is 327 g/mol. The SMILES string of the molecule is CC(C)(C)OC(=O)NCCC(=O)NCCCCCN1CCCC1. The normalized spacial score (nSPS) is 15.4. The van der Waals surface area contributed by atoms with E-state index in [4.69, 9.17) is 4.74 Å². The highest BCUT2D eigenvalue weighted by Crippen LogP contribution is 2.08. The fourth-order valence-corrected chi connectivity index (χ4v) is 2.55. The van der Waals surface area contributed by atoms with Gasteiger partial charge in [0.25, 0.3) is 0 Å². The Morgan fingerprint density at radius 2 is 1.70 bits per heavy atom. The first kappa shape index (κ1) is 19.7. The van der Waals surface area contributed by atoms with E-state index in [1.807, 2.05) is 20.8 Å². The first-order chi connectivity index (χ1) is 10.9. The molecule has 0 aromatic heterocycles. The number of carbonyl (C=O) groups is 2. The third-order valence-corrected chi connectivity index (χ3v) is 3.69. The molecule has 2 amide bonds. The molecule has 1 saturated heterocycles. The van der Waals surface area contributed by atoms with Crippen molar-refractivity contribution in [2.24, 2.45) is 0 Å². The van der Waals surface area contributed by atoms with Gasteiger partial charge in [0.1, 0.15) is 5.60 Å². The number of hydrogen-bond donors (Lipinski definition) is 2. The Bertz CT molecular complexity index is 361. The predicted octanol–water partition coefficient (Wildman–Crippen LogP) is 2.28. The Morgan fingerprint density at radius 3 is 2.35 bits per heavy atom. The lowest BCUT2D eigenvalue weighted by Gasteiger charge is -2.19. The van der Waals surface area contributed by atoms with E-state index in [0.29, 0.717) is 13.1 Å². The molecule has 0 unspecified atom stereocenters. The van der Waals surface area contributed by atoms with Gasteiger partial charge in [-0.2, -0.15) is 0 Å². The zero-order valence-corrected chi connectivity index (χ0v) is 15.0. The molecule has 0 aromatic carbocycles. The minimum absolute atomic E-state index is 0.0272. The van der Waals surface area contributed by atoms with Crippen molar-refractivity contribution in [3.63, 3.8) is 0 Å². The monoisotopic (exact) mass is 327 g/mol. The van der Waals surface area contributed by atoms with Crippen molar-refractivity contribution < 1.29 is 14.3 Å². The summed E-state index contributed by atoms with van der Waals surface area (Å²) in [5.41, 5.74) is -0.512. The van der Waals surface area contributed by atoms with Crippen LogP contribution < -0.4 is 10.6 Å². The highest BCUT2D eigenvalue weighted by molar-refractivity contribution is 5.76. The maximum Gasteiger partial charge on any atom is 0.407 e. The highest BCUT2D eigenvalue weighted by atomic mass is 16.6. The van der Waals surface area contributed by atoms with Crippen LogP contribution in [0.15, 0.2) is 0 Å². The summed E-state index contributed by atoms with van der Waals surface area (Å²) in [5.74, 6) is -0.0272. The van der Waals surface area contributed by atoms with Crippen LogP contribution in [0.4, 0.5) is 4.79 Å². The van der Waals surface area contributed by atoms with E-state index in [1.165, 1.54) is 38.9 Å². The molecule has 0 saturated carbocycles. The van der Waals surface area contributed by atoms with Crippen LogP contribution in [0.5, 0.6) is 0 Å². The maximum atomic E-state index is 11.6. The molecule has 1 heterocycles. The Kier molecular flexibility index (Phi) is 8.99. The van der Waals surface area contributed by atoms with Crippen molar-refractivity contribution in [2.75, 3.05) is 32.7 Å². The molecular formula is C17H33N3O3. The second kappa shape index (κ2) is 10.5. The van der Waals surface area contributed by atoms with E-state index >= 15 is 0 Å². The molecule has 1 aliphatic heterocycles. The average Bonchev–Trinajstić information content (AvgIpc) is 2.93. The third kappa shape index (κ3) is 11.0. The van der Waals surface area contributed by atoms with E-state index in [9.17, 15) is 9.59 Å². The van der Waals surface area contributed by atoms with Gasteiger partial charge in [-0.05, 0) is 66.1 Å². The van der Waals surface area contributed by atoms with Crippen LogP contribution in [-0.2, 0) is 9.53 Å². The van der Waals surface area contributed by atoms with Gasteiger partial charge in [0.05, 0.1) is 0 Å². The predicted molar refractivity (Wildman–Crippen MR) is 91.4 cm³/mol. The molecular weight excluding hydrogens is 294 g/mol. The summed E-state index contributed by atoms with van der Waals surface area (Å²) in [7, 11) is 0.